The number of hydrogen-bond acceptors (Lipinski definition) is 4. The first kappa shape index (κ1) is 9.55. The molecule has 1 N–H and O–H groups in total. The van der Waals surface area contributed by atoms with Gasteiger partial charge in [0.25, 0.3) is 0 Å². The lowest BCUT2D eigenvalue weighted by Crippen LogP contribution is -2.31. The standard InChI is InChI=1S/C10H15N3O/c14-8-10-2-1-5-13(10)7-9-6-11-3-4-12-9/h3-4,6,10,14H,1-2,5,7-8H2/t10-/m0/s1. The molecule has 1 atom stereocenters. The molecule has 0 aromatic carbocycles. The molecule has 1 fully saturated rings. The first-order valence-corrected chi connectivity index (χ1v) is 5.00. The first-order valence-electron chi connectivity index (χ1n) is 5.00. The van der Waals surface area contributed by atoms with Crippen molar-refractivity contribution in [1.82, 2.24) is 14.9 Å². The molecule has 0 bridgehead atoms. The average Bonchev–Trinajstić information content (AvgIpc) is 2.67. The normalized spacial score (nSPS) is 22.8. The van der Waals surface area contributed by atoms with E-state index >= 15 is 0 Å². The molecule has 0 saturated carbocycles. The van der Waals surface area contributed by atoms with Crippen LogP contribution in [-0.4, -0.2) is 39.2 Å². The number of aromatic nitrogens is 2. The molecule has 0 radical (unpaired) electrons. The van der Waals surface area contributed by atoms with Gasteiger partial charge in [-0.15, -0.1) is 0 Å². The summed E-state index contributed by atoms with van der Waals surface area (Å²) in [5.41, 5.74) is 0.979. The van der Waals surface area contributed by atoms with Gasteiger partial charge in [0, 0.05) is 31.2 Å². The molecule has 0 aliphatic carbocycles. The Balaban J connectivity index is 1.97. The Morgan fingerprint density at radius 1 is 1.50 bits per heavy atom. The summed E-state index contributed by atoms with van der Waals surface area (Å²) in [4.78, 5) is 10.5. The van der Waals surface area contributed by atoms with Crippen molar-refractivity contribution in [2.75, 3.05) is 13.2 Å². The summed E-state index contributed by atoms with van der Waals surface area (Å²) < 4.78 is 0. The van der Waals surface area contributed by atoms with Crippen LogP contribution in [0.3, 0.4) is 0 Å². The molecule has 1 saturated heterocycles. The maximum absolute atomic E-state index is 9.14. The zero-order valence-corrected chi connectivity index (χ0v) is 8.13. The Hall–Kier alpha value is -1.00. The molecule has 0 amide bonds. The molecule has 76 valence electrons. The summed E-state index contributed by atoms with van der Waals surface area (Å²) in [5, 5.41) is 9.14. The highest BCUT2D eigenvalue weighted by molar-refractivity contribution is 4.96. The van der Waals surface area contributed by atoms with Crippen molar-refractivity contribution >= 4 is 0 Å². The summed E-state index contributed by atoms with van der Waals surface area (Å²) in [6.45, 7) is 2.11. The zero-order valence-electron chi connectivity index (χ0n) is 8.13. The lowest BCUT2D eigenvalue weighted by molar-refractivity contribution is 0.152. The summed E-state index contributed by atoms with van der Waals surface area (Å²) in [6, 6.07) is 0.317. The molecular formula is C10H15N3O. The molecule has 2 rings (SSSR count). The second kappa shape index (κ2) is 4.48. The van der Waals surface area contributed by atoms with Crippen molar-refractivity contribution in [2.24, 2.45) is 0 Å². The number of rotatable bonds is 3. The predicted molar refractivity (Wildman–Crippen MR) is 52.5 cm³/mol. The van der Waals surface area contributed by atoms with E-state index in [1.165, 1.54) is 6.42 Å². The number of nitrogens with zero attached hydrogens (tertiary/aromatic N) is 3. The molecule has 2 heterocycles. The fraction of sp³-hybridized carbons (Fsp3) is 0.600. The van der Waals surface area contributed by atoms with Crippen molar-refractivity contribution < 1.29 is 5.11 Å². The van der Waals surface area contributed by atoms with Gasteiger partial charge in [0.2, 0.25) is 0 Å². The van der Waals surface area contributed by atoms with Gasteiger partial charge in [-0.05, 0) is 19.4 Å². The fourth-order valence-electron chi connectivity index (χ4n) is 1.93. The average molecular weight is 193 g/mol. The second-order valence-corrected chi connectivity index (χ2v) is 3.65. The summed E-state index contributed by atoms with van der Waals surface area (Å²) in [7, 11) is 0. The topological polar surface area (TPSA) is 49.2 Å². The minimum Gasteiger partial charge on any atom is -0.395 e. The molecule has 1 aliphatic heterocycles. The third-order valence-electron chi connectivity index (χ3n) is 2.69. The van der Waals surface area contributed by atoms with Crippen molar-refractivity contribution in [3.8, 4) is 0 Å². The third-order valence-corrected chi connectivity index (χ3v) is 2.69. The van der Waals surface area contributed by atoms with Crippen LogP contribution in [0.15, 0.2) is 18.6 Å². The van der Waals surface area contributed by atoms with E-state index in [-0.39, 0.29) is 6.61 Å². The minimum absolute atomic E-state index is 0.250. The van der Waals surface area contributed by atoms with Gasteiger partial charge in [-0.25, -0.2) is 0 Å². The molecule has 1 aromatic heterocycles. The van der Waals surface area contributed by atoms with E-state index in [1.807, 2.05) is 0 Å². The van der Waals surface area contributed by atoms with Crippen molar-refractivity contribution in [3.63, 3.8) is 0 Å². The Morgan fingerprint density at radius 2 is 2.43 bits per heavy atom. The van der Waals surface area contributed by atoms with Crippen LogP contribution in [0.2, 0.25) is 0 Å². The smallest absolute Gasteiger partial charge is 0.0726 e. The maximum atomic E-state index is 9.14. The fourth-order valence-corrected chi connectivity index (χ4v) is 1.93. The van der Waals surface area contributed by atoms with Crippen molar-refractivity contribution in [2.45, 2.75) is 25.4 Å². The van der Waals surface area contributed by atoms with Crippen LogP contribution in [0.4, 0.5) is 0 Å². The minimum atomic E-state index is 0.250. The van der Waals surface area contributed by atoms with E-state index in [0.29, 0.717) is 6.04 Å². The van der Waals surface area contributed by atoms with E-state index in [2.05, 4.69) is 14.9 Å². The van der Waals surface area contributed by atoms with E-state index in [4.69, 9.17) is 5.11 Å². The largest absolute Gasteiger partial charge is 0.395 e. The predicted octanol–water partition coefficient (Wildman–Crippen LogP) is 0.433. The van der Waals surface area contributed by atoms with Crippen molar-refractivity contribution in [1.29, 1.82) is 0 Å². The first-order chi connectivity index (χ1) is 6.90. The second-order valence-electron chi connectivity index (χ2n) is 3.65. The Labute approximate surface area is 83.6 Å². The Morgan fingerprint density at radius 3 is 3.14 bits per heavy atom. The summed E-state index contributed by atoms with van der Waals surface area (Å²) in [6.07, 6.45) is 7.44. The highest BCUT2D eigenvalue weighted by atomic mass is 16.3. The van der Waals surface area contributed by atoms with Gasteiger partial charge in [0.05, 0.1) is 12.3 Å². The maximum Gasteiger partial charge on any atom is 0.0726 e. The monoisotopic (exact) mass is 193 g/mol. The molecule has 4 heteroatoms. The van der Waals surface area contributed by atoms with Gasteiger partial charge in [-0.1, -0.05) is 0 Å². The van der Waals surface area contributed by atoms with E-state index < -0.39 is 0 Å². The number of aliphatic hydroxyl groups excluding tert-OH is 1. The highest BCUT2D eigenvalue weighted by Crippen LogP contribution is 2.18. The molecule has 0 unspecified atom stereocenters. The molecule has 1 aromatic rings. The highest BCUT2D eigenvalue weighted by Gasteiger charge is 2.23. The van der Waals surface area contributed by atoms with Crippen LogP contribution in [0.25, 0.3) is 0 Å². The van der Waals surface area contributed by atoms with Crippen molar-refractivity contribution in [3.05, 3.63) is 24.3 Å². The molecule has 14 heavy (non-hydrogen) atoms. The molecule has 0 spiro atoms. The number of aliphatic hydroxyl groups is 1. The summed E-state index contributed by atoms with van der Waals surface area (Å²) >= 11 is 0. The van der Waals surface area contributed by atoms with E-state index in [0.717, 1.165) is 25.2 Å². The SMILES string of the molecule is OC[C@@H]1CCCN1Cc1cnccn1. The molecule has 1 aliphatic rings. The van der Waals surface area contributed by atoms with Gasteiger partial charge in [-0.2, -0.15) is 0 Å². The van der Waals surface area contributed by atoms with Crippen LogP contribution in [0.1, 0.15) is 18.5 Å². The quantitative estimate of drug-likeness (QED) is 0.756. The summed E-state index contributed by atoms with van der Waals surface area (Å²) in [5.74, 6) is 0. The molecular weight excluding hydrogens is 178 g/mol. The van der Waals surface area contributed by atoms with Crippen LogP contribution >= 0.6 is 0 Å². The number of hydrogen-bond donors (Lipinski definition) is 1. The lowest BCUT2D eigenvalue weighted by Gasteiger charge is -2.21. The number of likely N-dealkylation sites (tertiary alicyclic amines) is 1. The van der Waals surface area contributed by atoms with Crippen LogP contribution in [0, 0.1) is 0 Å². The lowest BCUT2D eigenvalue weighted by atomic mass is 10.2. The van der Waals surface area contributed by atoms with Crippen LogP contribution in [0.5, 0.6) is 0 Å². The third kappa shape index (κ3) is 2.08. The van der Waals surface area contributed by atoms with Gasteiger partial charge in [0.1, 0.15) is 0 Å². The van der Waals surface area contributed by atoms with Gasteiger partial charge in [-0.3, -0.25) is 14.9 Å². The van der Waals surface area contributed by atoms with Crippen LogP contribution < -0.4 is 0 Å². The van der Waals surface area contributed by atoms with E-state index in [9.17, 15) is 0 Å². The zero-order chi connectivity index (χ0) is 9.80. The van der Waals surface area contributed by atoms with Gasteiger partial charge >= 0.3 is 0 Å². The molecule has 4 nitrogen and oxygen atoms in total. The van der Waals surface area contributed by atoms with E-state index in [1.54, 1.807) is 18.6 Å². The Kier molecular flexibility index (Phi) is 3.06. The van der Waals surface area contributed by atoms with Crippen LogP contribution in [-0.2, 0) is 6.54 Å². The van der Waals surface area contributed by atoms with Gasteiger partial charge < -0.3 is 5.11 Å². The van der Waals surface area contributed by atoms with Gasteiger partial charge in [0.15, 0.2) is 0 Å². The Bertz CT molecular complexity index is 278.